The monoisotopic (exact) mass is 408 g/mol. The Bertz CT molecular complexity index is 1030. The van der Waals surface area contributed by atoms with Gasteiger partial charge < -0.3 is 14.8 Å². The van der Waals surface area contributed by atoms with Gasteiger partial charge in [0.15, 0.2) is 11.5 Å². The lowest BCUT2D eigenvalue weighted by atomic mass is 10.2. The number of allylic oxidation sites excluding steroid dienone is 2. The Balaban J connectivity index is 1.38. The van der Waals surface area contributed by atoms with Crippen molar-refractivity contribution in [1.29, 1.82) is 0 Å². The van der Waals surface area contributed by atoms with Crippen LogP contribution in [0.25, 0.3) is 6.08 Å². The minimum atomic E-state index is -0.487. The summed E-state index contributed by atoms with van der Waals surface area (Å²) in [5.41, 5.74) is 1.47. The van der Waals surface area contributed by atoms with Gasteiger partial charge in [-0.05, 0) is 35.5 Å². The average molecular weight is 408 g/mol. The van der Waals surface area contributed by atoms with E-state index in [2.05, 4.69) is 5.32 Å². The van der Waals surface area contributed by atoms with E-state index in [0.29, 0.717) is 17.2 Å². The van der Waals surface area contributed by atoms with E-state index in [-0.39, 0.29) is 18.2 Å². The van der Waals surface area contributed by atoms with Crippen LogP contribution in [0.2, 0.25) is 0 Å². The smallest absolute Gasteiger partial charge is 0.294 e. The molecule has 2 heterocycles. The SMILES string of the molecule is O=C(CN1C(=O)S/C(=C/C=C/c2ccccc2)C1=O)Nc1ccc2c(c1)OCO2. The van der Waals surface area contributed by atoms with Crippen molar-refractivity contribution in [1.82, 2.24) is 4.90 Å². The molecule has 29 heavy (non-hydrogen) atoms. The van der Waals surface area contributed by atoms with Crippen LogP contribution in [0.5, 0.6) is 11.5 Å². The van der Waals surface area contributed by atoms with Crippen LogP contribution < -0.4 is 14.8 Å². The molecule has 2 aromatic rings. The number of carbonyl (C=O) groups is 3. The van der Waals surface area contributed by atoms with Crippen LogP contribution in [0.4, 0.5) is 10.5 Å². The molecule has 0 bridgehead atoms. The molecule has 2 aliphatic rings. The average Bonchev–Trinajstić information content (AvgIpc) is 3.28. The number of benzene rings is 2. The van der Waals surface area contributed by atoms with Gasteiger partial charge in [0.2, 0.25) is 12.7 Å². The van der Waals surface area contributed by atoms with E-state index in [1.165, 1.54) is 0 Å². The summed E-state index contributed by atoms with van der Waals surface area (Å²) in [6, 6.07) is 14.6. The van der Waals surface area contributed by atoms with Gasteiger partial charge in [-0.3, -0.25) is 19.3 Å². The van der Waals surface area contributed by atoms with Crippen molar-refractivity contribution in [3.8, 4) is 11.5 Å². The van der Waals surface area contributed by atoms with E-state index in [9.17, 15) is 14.4 Å². The molecule has 0 spiro atoms. The Morgan fingerprint density at radius 1 is 1.10 bits per heavy atom. The molecule has 2 aliphatic heterocycles. The third-order valence-electron chi connectivity index (χ3n) is 4.17. The summed E-state index contributed by atoms with van der Waals surface area (Å²) in [7, 11) is 0. The maximum absolute atomic E-state index is 12.5. The Morgan fingerprint density at radius 2 is 1.90 bits per heavy atom. The second kappa shape index (κ2) is 8.24. The normalized spacial score (nSPS) is 16.8. The molecule has 7 nitrogen and oxygen atoms in total. The molecule has 146 valence electrons. The molecule has 0 saturated carbocycles. The molecule has 8 heteroatoms. The Hall–Kier alpha value is -3.52. The zero-order valence-corrected chi connectivity index (χ0v) is 16.0. The molecule has 1 saturated heterocycles. The van der Waals surface area contributed by atoms with E-state index in [0.717, 1.165) is 22.2 Å². The fourth-order valence-corrected chi connectivity index (χ4v) is 3.57. The van der Waals surface area contributed by atoms with Gasteiger partial charge in [0, 0.05) is 11.8 Å². The van der Waals surface area contributed by atoms with Crippen LogP contribution in [-0.2, 0) is 9.59 Å². The van der Waals surface area contributed by atoms with Crippen LogP contribution in [0.1, 0.15) is 5.56 Å². The zero-order chi connectivity index (χ0) is 20.2. The number of rotatable bonds is 5. The van der Waals surface area contributed by atoms with E-state index in [1.54, 1.807) is 30.4 Å². The fourth-order valence-electron chi connectivity index (χ4n) is 2.78. The molecule has 0 radical (unpaired) electrons. The predicted molar refractivity (Wildman–Crippen MR) is 109 cm³/mol. The van der Waals surface area contributed by atoms with Crippen LogP contribution in [0, 0.1) is 0 Å². The molecule has 0 unspecified atom stereocenters. The molecule has 0 aliphatic carbocycles. The van der Waals surface area contributed by atoms with Gasteiger partial charge in [-0.15, -0.1) is 0 Å². The van der Waals surface area contributed by atoms with Gasteiger partial charge in [0.1, 0.15) is 6.54 Å². The van der Waals surface area contributed by atoms with E-state index >= 15 is 0 Å². The number of nitrogens with zero attached hydrogens (tertiary/aromatic N) is 1. The molecule has 0 aromatic heterocycles. The molecule has 0 atom stereocenters. The van der Waals surface area contributed by atoms with Crippen molar-refractivity contribution in [2.24, 2.45) is 0 Å². The number of ether oxygens (including phenoxy) is 2. The Kier molecular flexibility index (Phi) is 5.35. The number of hydrogen-bond acceptors (Lipinski definition) is 6. The highest BCUT2D eigenvalue weighted by Gasteiger charge is 2.36. The third kappa shape index (κ3) is 4.33. The van der Waals surface area contributed by atoms with Crippen LogP contribution in [0.15, 0.2) is 65.6 Å². The first-order valence-electron chi connectivity index (χ1n) is 8.77. The van der Waals surface area contributed by atoms with Crippen molar-refractivity contribution in [2.45, 2.75) is 0 Å². The van der Waals surface area contributed by atoms with Crippen molar-refractivity contribution in [3.63, 3.8) is 0 Å². The van der Waals surface area contributed by atoms with Crippen molar-refractivity contribution < 1.29 is 23.9 Å². The highest BCUT2D eigenvalue weighted by atomic mass is 32.2. The quantitative estimate of drug-likeness (QED) is 0.761. The number of thioether (sulfide) groups is 1. The van der Waals surface area contributed by atoms with Gasteiger partial charge in [-0.1, -0.05) is 42.5 Å². The number of amides is 3. The molecule has 1 N–H and O–H groups in total. The van der Waals surface area contributed by atoms with Crippen LogP contribution >= 0.6 is 11.8 Å². The van der Waals surface area contributed by atoms with Crippen molar-refractivity contribution in [2.75, 3.05) is 18.7 Å². The summed E-state index contributed by atoms with van der Waals surface area (Å²) in [6.45, 7) is -0.229. The second-order valence-corrected chi connectivity index (χ2v) is 7.17. The van der Waals surface area contributed by atoms with Gasteiger partial charge >= 0.3 is 0 Å². The lowest BCUT2D eigenvalue weighted by Crippen LogP contribution is -2.36. The van der Waals surface area contributed by atoms with Gasteiger partial charge in [0.05, 0.1) is 4.91 Å². The highest BCUT2D eigenvalue weighted by Crippen LogP contribution is 2.34. The lowest BCUT2D eigenvalue weighted by molar-refractivity contribution is -0.127. The predicted octanol–water partition coefficient (Wildman–Crippen LogP) is 3.65. The summed E-state index contributed by atoms with van der Waals surface area (Å²) in [5, 5.41) is 2.18. The van der Waals surface area contributed by atoms with Crippen LogP contribution in [0.3, 0.4) is 0 Å². The maximum Gasteiger partial charge on any atom is 0.294 e. The number of hydrogen-bond donors (Lipinski definition) is 1. The maximum atomic E-state index is 12.5. The summed E-state index contributed by atoms with van der Waals surface area (Å²) in [4.78, 5) is 38.1. The van der Waals surface area contributed by atoms with Gasteiger partial charge in [-0.2, -0.15) is 0 Å². The van der Waals surface area contributed by atoms with E-state index < -0.39 is 17.1 Å². The number of fused-ring (bicyclic) bond motifs is 1. The second-order valence-electron chi connectivity index (χ2n) is 6.18. The Morgan fingerprint density at radius 3 is 2.72 bits per heavy atom. The summed E-state index contributed by atoms with van der Waals surface area (Å²) < 4.78 is 10.5. The first kappa shape index (κ1) is 18.8. The molecular formula is C21H16N2O5S. The number of imide groups is 1. The minimum Gasteiger partial charge on any atom is -0.454 e. The van der Waals surface area contributed by atoms with Crippen LogP contribution in [-0.4, -0.2) is 35.3 Å². The topological polar surface area (TPSA) is 84.9 Å². The fraction of sp³-hybridized carbons (Fsp3) is 0.0952. The lowest BCUT2D eigenvalue weighted by Gasteiger charge is -2.12. The van der Waals surface area contributed by atoms with Gasteiger partial charge in [0.25, 0.3) is 11.1 Å². The summed E-state index contributed by atoms with van der Waals surface area (Å²) in [6.07, 6.45) is 5.12. The first-order valence-corrected chi connectivity index (χ1v) is 9.58. The Labute approximate surface area is 171 Å². The summed E-state index contributed by atoms with van der Waals surface area (Å²) >= 11 is 0.812. The van der Waals surface area contributed by atoms with E-state index in [1.807, 2.05) is 36.4 Å². The molecule has 4 rings (SSSR count). The van der Waals surface area contributed by atoms with Crippen molar-refractivity contribution in [3.05, 3.63) is 71.2 Å². The minimum absolute atomic E-state index is 0.133. The molecular weight excluding hydrogens is 392 g/mol. The third-order valence-corrected chi connectivity index (χ3v) is 5.09. The first-order chi connectivity index (χ1) is 14.1. The highest BCUT2D eigenvalue weighted by molar-refractivity contribution is 8.18. The summed E-state index contributed by atoms with van der Waals surface area (Å²) in [5.74, 6) is 0.163. The zero-order valence-electron chi connectivity index (χ0n) is 15.2. The largest absolute Gasteiger partial charge is 0.454 e. The molecule has 2 aromatic carbocycles. The van der Waals surface area contributed by atoms with Gasteiger partial charge in [-0.25, -0.2) is 0 Å². The van der Waals surface area contributed by atoms with E-state index in [4.69, 9.17) is 9.47 Å². The number of carbonyl (C=O) groups excluding carboxylic acids is 3. The molecule has 1 fully saturated rings. The standard InChI is InChI=1S/C21H16N2O5S/c24-19(22-15-9-10-16-17(11-15)28-13-27-16)12-23-20(25)18(29-21(23)26)8-4-7-14-5-2-1-3-6-14/h1-11H,12-13H2,(H,22,24)/b7-4+,18-8+. The van der Waals surface area contributed by atoms with Crippen molar-refractivity contribution >= 4 is 40.6 Å². The number of anilines is 1. The molecule has 3 amide bonds. The number of nitrogens with one attached hydrogen (secondary N) is 1.